The SMILES string of the molecule is COC(=O)C(CNC(=O)CN(C)C)NC(=O)c1ccc(C#CC=Cc2ccc(CN3CCOCC3)cc2)cc1. The van der Waals surface area contributed by atoms with Crippen LogP contribution in [0.15, 0.2) is 54.6 Å². The number of allylic oxidation sites excluding steroid dienone is 1. The molecule has 1 atom stereocenters. The standard InChI is InChI=1S/C30H36N4O5/c1-33(2)22-28(35)31-20-27(30(37)38-3)32-29(36)26-14-12-24(13-15-26)7-5-4-6-23-8-10-25(11-9-23)21-34-16-18-39-19-17-34/h4,6,8-15,27H,16-22H2,1-3H3,(H,31,35)(H,32,36). The van der Waals surface area contributed by atoms with E-state index in [1.54, 1.807) is 49.3 Å². The van der Waals surface area contributed by atoms with Crippen molar-refractivity contribution in [1.29, 1.82) is 0 Å². The summed E-state index contributed by atoms with van der Waals surface area (Å²) in [7, 11) is 4.75. The molecule has 2 aromatic carbocycles. The number of ether oxygens (including phenoxy) is 2. The van der Waals surface area contributed by atoms with Gasteiger partial charge in [-0.1, -0.05) is 36.1 Å². The minimum absolute atomic E-state index is 0.0718. The van der Waals surface area contributed by atoms with Crippen LogP contribution >= 0.6 is 0 Å². The van der Waals surface area contributed by atoms with Gasteiger partial charge in [-0.2, -0.15) is 0 Å². The summed E-state index contributed by atoms with van der Waals surface area (Å²) < 4.78 is 10.2. The number of amides is 2. The lowest BCUT2D eigenvalue weighted by atomic mass is 10.1. The lowest BCUT2D eigenvalue weighted by molar-refractivity contribution is -0.142. The maximum Gasteiger partial charge on any atom is 0.330 e. The number of nitrogens with zero attached hydrogens (tertiary/aromatic N) is 2. The van der Waals surface area contributed by atoms with Crippen molar-refractivity contribution >= 4 is 23.9 Å². The van der Waals surface area contributed by atoms with Crippen LogP contribution in [0.3, 0.4) is 0 Å². The molecule has 1 fully saturated rings. The van der Waals surface area contributed by atoms with Crippen LogP contribution in [0.5, 0.6) is 0 Å². The molecule has 3 rings (SSSR count). The lowest BCUT2D eigenvalue weighted by Crippen LogP contribution is -2.50. The number of morpholine rings is 1. The summed E-state index contributed by atoms with van der Waals surface area (Å²) in [5, 5.41) is 5.24. The minimum atomic E-state index is -1.01. The zero-order valence-corrected chi connectivity index (χ0v) is 22.7. The molecule has 39 heavy (non-hydrogen) atoms. The van der Waals surface area contributed by atoms with Gasteiger partial charge in [0, 0.05) is 37.3 Å². The van der Waals surface area contributed by atoms with E-state index in [-0.39, 0.29) is 19.0 Å². The average molecular weight is 533 g/mol. The molecule has 1 aliphatic heterocycles. The summed E-state index contributed by atoms with van der Waals surface area (Å²) in [6.07, 6.45) is 3.75. The van der Waals surface area contributed by atoms with Crippen molar-refractivity contribution in [3.05, 3.63) is 76.9 Å². The molecule has 2 amide bonds. The Bertz CT molecular complexity index is 1190. The molecule has 0 aliphatic carbocycles. The van der Waals surface area contributed by atoms with Gasteiger partial charge in [0.2, 0.25) is 5.91 Å². The first-order valence-electron chi connectivity index (χ1n) is 12.8. The van der Waals surface area contributed by atoms with Crippen LogP contribution in [0.1, 0.15) is 27.0 Å². The smallest absolute Gasteiger partial charge is 0.330 e. The lowest BCUT2D eigenvalue weighted by Gasteiger charge is -2.26. The molecule has 1 saturated heterocycles. The highest BCUT2D eigenvalue weighted by molar-refractivity contribution is 5.97. The summed E-state index contributed by atoms with van der Waals surface area (Å²) in [5.74, 6) is 4.71. The van der Waals surface area contributed by atoms with E-state index >= 15 is 0 Å². The summed E-state index contributed by atoms with van der Waals surface area (Å²) in [5.41, 5.74) is 3.45. The molecule has 1 heterocycles. The Morgan fingerprint density at radius 1 is 1.08 bits per heavy atom. The maximum atomic E-state index is 12.7. The van der Waals surface area contributed by atoms with Gasteiger partial charge < -0.3 is 25.0 Å². The molecule has 2 N–H and O–H groups in total. The topological polar surface area (TPSA) is 100 Å². The fraction of sp³-hybridized carbons (Fsp3) is 0.367. The van der Waals surface area contributed by atoms with Crippen LogP contribution < -0.4 is 10.6 Å². The summed E-state index contributed by atoms with van der Waals surface area (Å²) in [6, 6.07) is 14.2. The van der Waals surface area contributed by atoms with Crippen molar-refractivity contribution in [1.82, 2.24) is 20.4 Å². The number of likely N-dealkylation sites (N-methyl/N-ethyl adjacent to an activating group) is 1. The zero-order chi connectivity index (χ0) is 28.0. The van der Waals surface area contributed by atoms with Gasteiger partial charge in [-0.05, 0) is 61.6 Å². The summed E-state index contributed by atoms with van der Waals surface area (Å²) in [4.78, 5) is 40.7. The molecule has 9 nitrogen and oxygen atoms in total. The molecular weight excluding hydrogens is 496 g/mol. The number of carbonyl (C=O) groups excluding carboxylic acids is 3. The van der Waals surface area contributed by atoms with Crippen LogP contribution in [-0.4, -0.2) is 94.2 Å². The molecule has 0 saturated carbocycles. The predicted molar refractivity (Wildman–Crippen MR) is 150 cm³/mol. The van der Waals surface area contributed by atoms with Gasteiger partial charge in [0.05, 0.1) is 26.9 Å². The van der Waals surface area contributed by atoms with Crippen LogP contribution in [0.4, 0.5) is 0 Å². The van der Waals surface area contributed by atoms with Gasteiger partial charge >= 0.3 is 5.97 Å². The van der Waals surface area contributed by atoms with Gasteiger partial charge in [0.15, 0.2) is 0 Å². The number of esters is 1. The molecule has 1 unspecified atom stereocenters. The van der Waals surface area contributed by atoms with Gasteiger partial charge in [-0.15, -0.1) is 0 Å². The van der Waals surface area contributed by atoms with Gasteiger partial charge in [0.25, 0.3) is 5.91 Å². The Balaban J connectivity index is 1.51. The maximum absolute atomic E-state index is 12.7. The van der Waals surface area contributed by atoms with Crippen LogP contribution in [0.2, 0.25) is 0 Å². The van der Waals surface area contributed by atoms with E-state index in [1.165, 1.54) is 12.7 Å². The Labute approximate surface area is 230 Å². The highest BCUT2D eigenvalue weighted by Crippen LogP contribution is 2.10. The molecule has 0 bridgehead atoms. The van der Waals surface area contributed by atoms with Crippen molar-refractivity contribution < 1.29 is 23.9 Å². The average Bonchev–Trinajstić information content (AvgIpc) is 2.94. The fourth-order valence-electron chi connectivity index (χ4n) is 3.86. The molecule has 0 aromatic heterocycles. The van der Waals surface area contributed by atoms with E-state index in [0.29, 0.717) is 5.56 Å². The number of methoxy groups -OCH3 is 1. The molecule has 2 aromatic rings. The first-order chi connectivity index (χ1) is 18.8. The number of rotatable bonds is 10. The summed E-state index contributed by atoms with van der Waals surface area (Å²) in [6.45, 7) is 4.55. The van der Waals surface area contributed by atoms with E-state index in [4.69, 9.17) is 9.47 Å². The zero-order valence-electron chi connectivity index (χ0n) is 22.7. The summed E-state index contributed by atoms with van der Waals surface area (Å²) >= 11 is 0. The third-order valence-electron chi connectivity index (χ3n) is 5.97. The predicted octanol–water partition coefficient (Wildman–Crippen LogP) is 1.53. The molecule has 1 aliphatic rings. The Morgan fingerprint density at radius 2 is 1.77 bits per heavy atom. The van der Waals surface area contributed by atoms with E-state index in [1.807, 2.05) is 6.08 Å². The Kier molecular flexibility index (Phi) is 11.7. The number of hydrogen-bond donors (Lipinski definition) is 2. The molecule has 206 valence electrons. The molecule has 0 spiro atoms. The fourth-order valence-corrected chi connectivity index (χ4v) is 3.86. The van der Waals surface area contributed by atoms with Gasteiger partial charge in [0.1, 0.15) is 6.04 Å². The number of nitrogens with one attached hydrogen (secondary N) is 2. The van der Waals surface area contributed by atoms with E-state index in [2.05, 4.69) is 51.6 Å². The van der Waals surface area contributed by atoms with E-state index in [0.717, 1.165) is 44.0 Å². The minimum Gasteiger partial charge on any atom is -0.467 e. The highest BCUT2D eigenvalue weighted by Gasteiger charge is 2.23. The second-order valence-electron chi connectivity index (χ2n) is 9.40. The monoisotopic (exact) mass is 532 g/mol. The molecular formula is C30H36N4O5. The van der Waals surface area contributed by atoms with Crippen molar-refractivity contribution in [3.8, 4) is 11.8 Å². The van der Waals surface area contributed by atoms with Gasteiger partial charge in [-0.25, -0.2) is 4.79 Å². The Morgan fingerprint density at radius 3 is 2.41 bits per heavy atom. The van der Waals surface area contributed by atoms with Crippen molar-refractivity contribution in [2.24, 2.45) is 0 Å². The van der Waals surface area contributed by atoms with Crippen LogP contribution in [0.25, 0.3) is 6.08 Å². The first-order valence-corrected chi connectivity index (χ1v) is 12.8. The van der Waals surface area contributed by atoms with Crippen LogP contribution in [-0.2, 0) is 25.6 Å². The van der Waals surface area contributed by atoms with Crippen LogP contribution in [0, 0.1) is 11.8 Å². The second kappa shape index (κ2) is 15.4. The largest absolute Gasteiger partial charge is 0.467 e. The molecule has 0 radical (unpaired) electrons. The van der Waals surface area contributed by atoms with Crippen molar-refractivity contribution in [2.75, 3.05) is 60.6 Å². The molecule has 9 heteroatoms. The number of hydrogen-bond acceptors (Lipinski definition) is 7. The Hall–Kier alpha value is -3.97. The normalized spacial score (nSPS) is 14.4. The first kappa shape index (κ1) is 29.6. The van der Waals surface area contributed by atoms with Crippen molar-refractivity contribution in [2.45, 2.75) is 12.6 Å². The number of benzene rings is 2. The van der Waals surface area contributed by atoms with Gasteiger partial charge in [-0.3, -0.25) is 14.5 Å². The number of carbonyl (C=O) groups is 3. The highest BCUT2D eigenvalue weighted by atomic mass is 16.5. The second-order valence-corrected chi connectivity index (χ2v) is 9.40. The van der Waals surface area contributed by atoms with E-state index in [9.17, 15) is 14.4 Å². The third kappa shape index (κ3) is 10.4. The van der Waals surface area contributed by atoms with Crippen molar-refractivity contribution in [3.63, 3.8) is 0 Å². The third-order valence-corrected chi connectivity index (χ3v) is 5.97. The van der Waals surface area contributed by atoms with E-state index < -0.39 is 17.9 Å². The quantitative estimate of drug-likeness (QED) is 0.354.